The normalized spacial score (nSPS) is 13.9. The second-order valence-electron chi connectivity index (χ2n) is 6.46. The molecule has 9 heteroatoms. The minimum absolute atomic E-state index is 0.107. The van der Waals surface area contributed by atoms with Crippen LogP contribution >= 0.6 is 0 Å². The van der Waals surface area contributed by atoms with Crippen LogP contribution in [0.15, 0.2) is 30.3 Å². The number of nitrogens with one attached hydrogen (secondary N) is 1. The minimum Gasteiger partial charge on any atom is -0.363 e. The fraction of sp³-hybridized carbons (Fsp3) is 0.389. The Bertz CT molecular complexity index is 838. The highest BCUT2D eigenvalue weighted by molar-refractivity contribution is 5.97. The number of nitrogens with zero attached hydrogens (tertiary/aromatic N) is 4. The van der Waals surface area contributed by atoms with Crippen molar-refractivity contribution < 1.29 is 18.0 Å². The fourth-order valence-electron chi connectivity index (χ4n) is 2.93. The number of fused-ring (bicyclic) bond motifs is 1. The van der Waals surface area contributed by atoms with Gasteiger partial charge in [0.1, 0.15) is 5.82 Å². The maximum absolute atomic E-state index is 13.1. The molecular formula is C18H20F3N5O. The minimum atomic E-state index is -4.60. The average Bonchev–Trinajstić information content (AvgIpc) is 2.64. The Hall–Kier alpha value is -2.84. The zero-order chi connectivity index (χ0) is 19.6. The van der Waals surface area contributed by atoms with Crippen LogP contribution in [0.4, 0.5) is 30.6 Å². The molecule has 1 amide bonds. The lowest BCUT2D eigenvalue weighted by atomic mass is 10.0. The van der Waals surface area contributed by atoms with Crippen molar-refractivity contribution in [3.8, 4) is 0 Å². The van der Waals surface area contributed by atoms with E-state index in [2.05, 4.69) is 15.3 Å². The van der Waals surface area contributed by atoms with E-state index in [0.717, 1.165) is 30.2 Å². The third-order valence-electron chi connectivity index (χ3n) is 4.27. The molecule has 6 nitrogen and oxygen atoms in total. The summed E-state index contributed by atoms with van der Waals surface area (Å²) in [6.45, 7) is 0.381. The molecule has 0 aliphatic carbocycles. The largest absolute Gasteiger partial charge is 0.433 e. The van der Waals surface area contributed by atoms with Crippen LogP contribution in [0.3, 0.4) is 0 Å². The number of rotatable bonds is 4. The summed E-state index contributed by atoms with van der Waals surface area (Å²) in [5, 5.41) is 2.64. The standard InChI is InChI=1S/C18H20F3N5O/c1-25(2)15-10-14(18(19,20)21)23-17(24-15)22-11-16(27)26-9-5-7-12-6-3-4-8-13(12)26/h3-4,6,8,10H,5,7,9,11H2,1-2H3,(H,22,23,24). The van der Waals surface area contributed by atoms with E-state index in [1.54, 1.807) is 19.0 Å². The second-order valence-corrected chi connectivity index (χ2v) is 6.46. The summed E-state index contributed by atoms with van der Waals surface area (Å²) in [7, 11) is 3.17. The molecule has 1 N–H and O–H groups in total. The van der Waals surface area contributed by atoms with E-state index in [0.29, 0.717) is 6.54 Å². The van der Waals surface area contributed by atoms with Gasteiger partial charge in [0.05, 0.1) is 6.54 Å². The Kier molecular flexibility index (Phi) is 5.20. The number of amides is 1. The van der Waals surface area contributed by atoms with Crippen molar-refractivity contribution in [2.24, 2.45) is 0 Å². The fourth-order valence-corrected chi connectivity index (χ4v) is 2.93. The van der Waals surface area contributed by atoms with Crippen LogP contribution in [0.2, 0.25) is 0 Å². The van der Waals surface area contributed by atoms with Crippen molar-refractivity contribution in [1.29, 1.82) is 0 Å². The van der Waals surface area contributed by atoms with E-state index in [-0.39, 0.29) is 24.2 Å². The van der Waals surface area contributed by atoms with Crippen molar-refractivity contribution in [3.05, 3.63) is 41.6 Å². The first-order valence-corrected chi connectivity index (χ1v) is 8.51. The quantitative estimate of drug-likeness (QED) is 0.885. The summed E-state index contributed by atoms with van der Waals surface area (Å²) in [4.78, 5) is 23.2. The van der Waals surface area contributed by atoms with Gasteiger partial charge in [0.25, 0.3) is 0 Å². The van der Waals surface area contributed by atoms with E-state index < -0.39 is 11.9 Å². The SMILES string of the molecule is CN(C)c1cc(C(F)(F)F)nc(NCC(=O)N2CCCc3ccccc32)n1. The predicted octanol–water partition coefficient (Wildman–Crippen LogP) is 2.95. The van der Waals surface area contributed by atoms with E-state index in [4.69, 9.17) is 0 Å². The summed E-state index contributed by atoms with van der Waals surface area (Å²) >= 11 is 0. The topological polar surface area (TPSA) is 61.4 Å². The van der Waals surface area contributed by atoms with Crippen LogP contribution in [0.25, 0.3) is 0 Å². The number of hydrogen-bond donors (Lipinski definition) is 1. The molecule has 0 unspecified atom stereocenters. The molecule has 0 bridgehead atoms. The number of aryl methyl sites for hydroxylation is 1. The third kappa shape index (κ3) is 4.29. The van der Waals surface area contributed by atoms with Gasteiger partial charge in [0.15, 0.2) is 5.69 Å². The first-order valence-electron chi connectivity index (χ1n) is 8.51. The van der Waals surface area contributed by atoms with Crippen LogP contribution in [-0.4, -0.2) is 43.1 Å². The second kappa shape index (κ2) is 7.42. The van der Waals surface area contributed by atoms with Crippen molar-refractivity contribution in [2.75, 3.05) is 42.3 Å². The van der Waals surface area contributed by atoms with Crippen molar-refractivity contribution in [2.45, 2.75) is 19.0 Å². The molecule has 27 heavy (non-hydrogen) atoms. The highest BCUT2D eigenvalue weighted by atomic mass is 19.4. The Labute approximate surface area is 155 Å². The zero-order valence-electron chi connectivity index (χ0n) is 15.0. The molecule has 1 aliphatic rings. The van der Waals surface area contributed by atoms with E-state index in [9.17, 15) is 18.0 Å². The monoisotopic (exact) mass is 379 g/mol. The van der Waals surface area contributed by atoms with Gasteiger partial charge in [-0.3, -0.25) is 4.79 Å². The van der Waals surface area contributed by atoms with E-state index in [1.807, 2.05) is 24.3 Å². The van der Waals surface area contributed by atoms with Crippen LogP contribution < -0.4 is 15.1 Å². The number of halogens is 3. The molecule has 0 radical (unpaired) electrons. The first-order chi connectivity index (χ1) is 12.8. The van der Waals surface area contributed by atoms with Gasteiger partial charge in [0, 0.05) is 32.4 Å². The van der Waals surface area contributed by atoms with Crippen LogP contribution in [-0.2, 0) is 17.4 Å². The number of carbonyl (C=O) groups excluding carboxylic acids is 1. The molecular weight excluding hydrogens is 359 g/mol. The molecule has 0 spiro atoms. The number of alkyl halides is 3. The summed E-state index contributed by atoms with van der Waals surface area (Å²) in [6, 6.07) is 8.49. The van der Waals surface area contributed by atoms with Gasteiger partial charge in [-0.25, -0.2) is 4.98 Å². The third-order valence-corrected chi connectivity index (χ3v) is 4.27. The Balaban J connectivity index is 1.77. The number of para-hydroxylation sites is 1. The molecule has 1 aromatic heterocycles. The summed E-state index contributed by atoms with van der Waals surface area (Å²) < 4.78 is 39.2. The van der Waals surface area contributed by atoms with Crippen LogP contribution in [0.5, 0.6) is 0 Å². The molecule has 2 heterocycles. The number of carbonyl (C=O) groups is 1. The average molecular weight is 379 g/mol. The molecule has 3 rings (SSSR count). The molecule has 0 atom stereocenters. The molecule has 0 fully saturated rings. The first kappa shape index (κ1) is 18.9. The van der Waals surface area contributed by atoms with Gasteiger partial charge in [-0.15, -0.1) is 0 Å². The number of hydrogen-bond acceptors (Lipinski definition) is 5. The smallest absolute Gasteiger partial charge is 0.363 e. The molecule has 2 aromatic rings. The Morgan fingerprint density at radius 3 is 2.70 bits per heavy atom. The number of benzene rings is 1. The Morgan fingerprint density at radius 1 is 1.26 bits per heavy atom. The van der Waals surface area contributed by atoms with E-state index in [1.165, 1.54) is 4.90 Å². The van der Waals surface area contributed by atoms with Gasteiger partial charge >= 0.3 is 6.18 Å². The molecule has 144 valence electrons. The Morgan fingerprint density at radius 2 is 2.00 bits per heavy atom. The van der Waals surface area contributed by atoms with Crippen LogP contribution in [0, 0.1) is 0 Å². The lowest BCUT2D eigenvalue weighted by molar-refractivity contribution is -0.141. The van der Waals surface area contributed by atoms with E-state index >= 15 is 0 Å². The van der Waals surface area contributed by atoms with Crippen molar-refractivity contribution in [1.82, 2.24) is 9.97 Å². The van der Waals surface area contributed by atoms with Gasteiger partial charge in [0.2, 0.25) is 11.9 Å². The van der Waals surface area contributed by atoms with Gasteiger partial charge in [-0.2, -0.15) is 18.2 Å². The number of anilines is 3. The molecule has 1 aliphatic heterocycles. The predicted molar refractivity (Wildman–Crippen MR) is 97.0 cm³/mol. The maximum Gasteiger partial charge on any atom is 0.433 e. The van der Waals surface area contributed by atoms with Crippen molar-refractivity contribution in [3.63, 3.8) is 0 Å². The van der Waals surface area contributed by atoms with Crippen molar-refractivity contribution >= 4 is 23.4 Å². The van der Waals surface area contributed by atoms with Gasteiger partial charge in [-0.1, -0.05) is 18.2 Å². The highest BCUT2D eigenvalue weighted by Crippen LogP contribution is 2.30. The van der Waals surface area contributed by atoms with Gasteiger partial charge in [-0.05, 0) is 24.5 Å². The van der Waals surface area contributed by atoms with Crippen LogP contribution in [0.1, 0.15) is 17.7 Å². The molecule has 0 saturated heterocycles. The molecule has 0 saturated carbocycles. The summed E-state index contributed by atoms with van der Waals surface area (Å²) in [5.74, 6) is -0.364. The summed E-state index contributed by atoms with van der Waals surface area (Å²) in [6.07, 6.45) is -2.86. The molecule has 1 aromatic carbocycles. The highest BCUT2D eigenvalue weighted by Gasteiger charge is 2.34. The zero-order valence-corrected chi connectivity index (χ0v) is 15.0. The number of aromatic nitrogens is 2. The van der Waals surface area contributed by atoms with Gasteiger partial charge < -0.3 is 15.1 Å². The summed E-state index contributed by atoms with van der Waals surface area (Å²) in [5.41, 5.74) is 0.872. The lowest BCUT2D eigenvalue weighted by Crippen LogP contribution is -2.39. The lowest BCUT2D eigenvalue weighted by Gasteiger charge is -2.29. The maximum atomic E-state index is 13.1.